The van der Waals surface area contributed by atoms with Crippen LogP contribution in [0.3, 0.4) is 0 Å². The Morgan fingerprint density at radius 2 is 2.33 bits per heavy atom. The summed E-state index contributed by atoms with van der Waals surface area (Å²) in [6, 6.07) is 0. The molecule has 0 rings (SSSR count). The Labute approximate surface area is 55.6 Å². The van der Waals surface area contributed by atoms with E-state index in [1.807, 2.05) is 6.92 Å². The lowest BCUT2D eigenvalue weighted by molar-refractivity contribution is 0.136. The number of ether oxygens (including phenoxy) is 1. The first-order chi connectivity index (χ1) is 4.31. The largest absolute Gasteiger partial charge is 0.380 e. The lowest BCUT2D eigenvalue weighted by Crippen LogP contribution is -2.21. The molecule has 0 heterocycles. The molecule has 3 nitrogen and oxygen atoms in total. The highest BCUT2D eigenvalue weighted by molar-refractivity contribution is 5.47. The zero-order chi connectivity index (χ0) is 7.11. The highest BCUT2D eigenvalue weighted by Gasteiger charge is 1.91. The van der Waals surface area contributed by atoms with Gasteiger partial charge >= 0.3 is 6.41 Å². The van der Waals surface area contributed by atoms with E-state index in [-0.39, 0.29) is 0 Å². The molecule has 0 aromatic rings. The predicted octanol–water partition coefficient (Wildman–Crippen LogP) is 0.0219. The molecule has 0 unspecified atom stereocenters. The van der Waals surface area contributed by atoms with E-state index in [2.05, 4.69) is 0 Å². The van der Waals surface area contributed by atoms with Crippen molar-refractivity contribution in [1.29, 1.82) is 0 Å². The van der Waals surface area contributed by atoms with Gasteiger partial charge in [-0.1, -0.05) is 0 Å². The van der Waals surface area contributed by atoms with Gasteiger partial charge in [-0.3, -0.25) is 4.79 Å². The van der Waals surface area contributed by atoms with Gasteiger partial charge in [-0.05, 0) is 6.92 Å². The lowest BCUT2D eigenvalue weighted by Gasteiger charge is -2.07. The van der Waals surface area contributed by atoms with Crippen molar-refractivity contribution >= 4 is 6.41 Å². The third-order valence-corrected chi connectivity index (χ3v) is 0.931. The van der Waals surface area contributed by atoms with Crippen molar-refractivity contribution in [2.24, 2.45) is 0 Å². The van der Waals surface area contributed by atoms with Crippen LogP contribution >= 0.6 is 0 Å². The maximum atomic E-state index is 9.84. The minimum Gasteiger partial charge on any atom is -0.380 e. The number of amides is 1. The molecule has 0 aromatic carbocycles. The zero-order valence-electron chi connectivity index (χ0n) is 5.89. The second kappa shape index (κ2) is 5.56. The zero-order valence-corrected chi connectivity index (χ0v) is 5.89. The van der Waals surface area contributed by atoms with E-state index >= 15 is 0 Å². The average Bonchev–Trinajstić information content (AvgIpc) is 1.89. The van der Waals surface area contributed by atoms with Crippen LogP contribution in [-0.4, -0.2) is 38.1 Å². The lowest BCUT2D eigenvalue weighted by atomic mass is 10.6. The number of hydrogen-bond donors (Lipinski definition) is 0. The van der Waals surface area contributed by atoms with Gasteiger partial charge in [-0.25, -0.2) is 0 Å². The molecule has 0 spiro atoms. The maximum absolute atomic E-state index is 9.84. The SMILES string of the molecule is CCOCCN(C)[C]=O. The average molecular weight is 130 g/mol. The first kappa shape index (κ1) is 8.43. The maximum Gasteiger partial charge on any atom is 0.311 e. The molecule has 3 heteroatoms. The summed E-state index contributed by atoms with van der Waals surface area (Å²) in [7, 11) is 1.67. The molecule has 0 saturated heterocycles. The Bertz CT molecular complexity index is 75.5. The van der Waals surface area contributed by atoms with Crippen molar-refractivity contribution in [3.8, 4) is 0 Å². The van der Waals surface area contributed by atoms with E-state index in [0.29, 0.717) is 19.8 Å². The molecule has 0 bridgehead atoms. The highest BCUT2D eigenvalue weighted by Crippen LogP contribution is 1.76. The fourth-order valence-electron chi connectivity index (χ4n) is 0.391. The van der Waals surface area contributed by atoms with Crippen molar-refractivity contribution in [2.45, 2.75) is 6.92 Å². The van der Waals surface area contributed by atoms with Gasteiger partial charge in [-0.15, -0.1) is 0 Å². The van der Waals surface area contributed by atoms with Gasteiger partial charge in [0.2, 0.25) is 0 Å². The normalized spacial score (nSPS) is 9.11. The minimum absolute atomic E-state index is 0.599. The van der Waals surface area contributed by atoms with Crippen LogP contribution in [0.15, 0.2) is 0 Å². The molecule has 0 atom stereocenters. The third-order valence-electron chi connectivity index (χ3n) is 0.931. The summed E-state index contributed by atoms with van der Waals surface area (Å²) in [4.78, 5) is 11.3. The van der Waals surface area contributed by atoms with Crippen LogP contribution in [0.5, 0.6) is 0 Å². The second-order valence-electron chi connectivity index (χ2n) is 1.71. The Morgan fingerprint density at radius 1 is 1.67 bits per heavy atom. The molecule has 0 aliphatic heterocycles. The molecule has 0 aliphatic carbocycles. The Balaban J connectivity index is 2.96. The quantitative estimate of drug-likeness (QED) is 0.388. The molecule has 0 saturated carbocycles. The molecular weight excluding hydrogens is 118 g/mol. The van der Waals surface area contributed by atoms with E-state index in [9.17, 15) is 4.79 Å². The summed E-state index contributed by atoms with van der Waals surface area (Å²) >= 11 is 0. The Kier molecular flexibility index (Phi) is 5.21. The van der Waals surface area contributed by atoms with Gasteiger partial charge in [0.15, 0.2) is 0 Å². The Morgan fingerprint density at radius 3 is 2.78 bits per heavy atom. The molecule has 0 aliphatic rings. The van der Waals surface area contributed by atoms with Crippen LogP contribution in [0, 0.1) is 0 Å². The van der Waals surface area contributed by atoms with Crippen LogP contribution in [0.2, 0.25) is 0 Å². The van der Waals surface area contributed by atoms with E-state index < -0.39 is 0 Å². The molecule has 0 aromatic heterocycles. The molecule has 53 valence electrons. The van der Waals surface area contributed by atoms with Crippen LogP contribution < -0.4 is 0 Å². The number of likely N-dealkylation sites (N-methyl/N-ethyl adjacent to an activating group) is 1. The third kappa shape index (κ3) is 5.30. The minimum atomic E-state index is 0.599. The van der Waals surface area contributed by atoms with Crippen LogP contribution in [0.1, 0.15) is 6.92 Å². The van der Waals surface area contributed by atoms with Gasteiger partial charge < -0.3 is 9.64 Å². The van der Waals surface area contributed by atoms with Crippen LogP contribution in [0.25, 0.3) is 0 Å². The van der Waals surface area contributed by atoms with E-state index in [1.165, 1.54) is 4.90 Å². The van der Waals surface area contributed by atoms with Gasteiger partial charge in [0.1, 0.15) is 0 Å². The predicted molar refractivity (Wildman–Crippen MR) is 34.8 cm³/mol. The second-order valence-corrected chi connectivity index (χ2v) is 1.71. The van der Waals surface area contributed by atoms with E-state index in [1.54, 1.807) is 13.5 Å². The highest BCUT2D eigenvalue weighted by atomic mass is 16.5. The van der Waals surface area contributed by atoms with Crippen molar-refractivity contribution in [3.63, 3.8) is 0 Å². The topological polar surface area (TPSA) is 29.5 Å². The van der Waals surface area contributed by atoms with Crippen molar-refractivity contribution in [3.05, 3.63) is 0 Å². The van der Waals surface area contributed by atoms with Gasteiger partial charge in [0.25, 0.3) is 0 Å². The summed E-state index contributed by atoms with van der Waals surface area (Å²) in [5.74, 6) is 0. The number of nitrogens with zero attached hydrogens (tertiary/aromatic N) is 1. The summed E-state index contributed by atoms with van der Waals surface area (Å²) in [6.07, 6.45) is 1.73. The summed E-state index contributed by atoms with van der Waals surface area (Å²) < 4.78 is 4.99. The number of rotatable bonds is 5. The Hall–Kier alpha value is -0.570. The van der Waals surface area contributed by atoms with Crippen LogP contribution in [0.4, 0.5) is 0 Å². The first-order valence-electron chi connectivity index (χ1n) is 2.98. The van der Waals surface area contributed by atoms with Crippen LogP contribution in [-0.2, 0) is 9.53 Å². The fourth-order valence-corrected chi connectivity index (χ4v) is 0.391. The van der Waals surface area contributed by atoms with Crippen molar-refractivity contribution < 1.29 is 9.53 Å². The summed E-state index contributed by atoms with van der Waals surface area (Å²) in [5.41, 5.74) is 0. The van der Waals surface area contributed by atoms with E-state index in [4.69, 9.17) is 4.74 Å². The standard InChI is InChI=1S/C6H12NO2/c1-3-9-5-4-7(2)6-8/h3-5H2,1-2H3. The first-order valence-corrected chi connectivity index (χ1v) is 2.98. The molecule has 0 N–H and O–H groups in total. The molecule has 9 heavy (non-hydrogen) atoms. The smallest absolute Gasteiger partial charge is 0.311 e. The van der Waals surface area contributed by atoms with Crippen molar-refractivity contribution in [1.82, 2.24) is 4.90 Å². The van der Waals surface area contributed by atoms with Gasteiger partial charge in [0.05, 0.1) is 6.61 Å². The molecule has 1 radical (unpaired) electrons. The monoisotopic (exact) mass is 130 g/mol. The number of carbonyl (C=O) groups excluding carboxylic acids is 1. The van der Waals surface area contributed by atoms with E-state index in [0.717, 1.165) is 0 Å². The summed E-state index contributed by atoms with van der Waals surface area (Å²) in [5, 5.41) is 0. The molecule has 1 amide bonds. The van der Waals surface area contributed by atoms with Crippen molar-refractivity contribution in [2.75, 3.05) is 26.8 Å². The fraction of sp³-hybridized carbons (Fsp3) is 0.833. The van der Waals surface area contributed by atoms with Gasteiger partial charge in [-0.2, -0.15) is 0 Å². The summed E-state index contributed by atoms with van der Waals surface area (Å²) in [6.45, 7) is 3.84. The molecular formula is C6H12NO2. The van der Waals surface area contributed by atoms with Gasteiger partial charge in [0, 0.05) is 20.2 Å². The molecule has 0 fully saturated rings. The number of hydrogen-bond acceptors (Lipinski definition) is 2.